The van der Waals surface area contributed by atoms with E-state index in [1.165, 1.54) is 0 Å². The Hall–Kier alpha value is -2.04. The number of carbonyl (C=O) groups is 2. The van der Waals surface area contributed by atoms with Crippen LogP contribution < -0.4 is 16.0 Å². The average Bonchev–Trinajstić information content (AvgIpc) is 2.58. The normalized spacial score (nSPS) is 28.3. The predicted molar refractivity (Wildman–Crippen MR) is 64.1 cm³/mol. The van der Waals surface area contributed by atoms with Gasteiger partial charge in [-0.3, -0.25) is 10.1 Å². The fourth-order valence-corrected chi connectivity index (χ4v) is 2.28. The van der Waals surface area contributed by atoms with Crippen molar-refractivity contribution in [1.29, 1.82) is 0 Å². The largest absolute Gasteiger partial charge is 0.385 e. The molecule has 2 heterocycles. The van der Waals surface area contributed by atoms with Crippen molar-refractivity contribution in [3.05, 3.63) is 36.1 Å². The monoisotopic (exact) mass is 233 g/mol. The van der Waals surface area contributed by atoms with Crippen molar-refractivity contribution in [2.75, 3.05) is 6.54 Å². The van der Waals surface area contributed by atoms with E-state index in [9.17, 15) is 9.59 Å². The third-order valence-electron chi connectivity index (χ3n) is 3.04. The van der Waals surface area contributed by atoms with Gasteiger partial charge in [-0.25, -0.2) is 4.79 Å². The molecule has 90 valence electrons. The SMILES string of the molecule is C=CC1=C(/C=C\C)C2(CCN1)NC(=O)NC2=O. The summed E-state index contributed by atoms with van der Waals surface area (Å²) in [7, 11) is 0. The highest BCUT2D eigenvalue weighted by molar-refractivity contribution is 6.09. The van der Waals surface area contributed by atoms with E-state index in [0.717, 1.165) is 11.3 Å². The lowest BCUT2D eigenvalue weighted by atomic mass is 9.82. The van der Waals surface area contributed by atoms with E-state index in [1.54, 1.807) is 6.08 Å². The summed E-state index contributed by atoms with van der Waals surface area (Å²) >= 11 is 0. The van der Waals surface area contributed by atoms with Gasteiger partial charge in [-0.2, -0.15) is 0 Å². The van der Waals surface area contributed by atoms with Crippen LogP contribution in [0, 0.1) is 0 Å². The highest BCUT2D eigenvalue weighted by Gasteiger charge is 2.50. The summed E-state index contributed by atoms with van der Waals surface area (Å²) in [4.78, 5) is 23.3. The maximum absolute atomic E-state index is 12.0. The van der Waals surface area contributed by atoms with Crippen molar-refractivity contribution in [3.8, 4) is 0 Å². The van der Waals surface area contributed by atoms with Gasteiger partial charge >= 0.3 is 6.03 Å². The topological polar surface area (TPSA) is 70.2 Å². The fourth-order valence-electron chi connectivity index (χ4n) is 2.28. The Balaban J connectivity index is 2.55. The Morgan fingerprint density at radius 2 is 2.18 bits per heavy atom. The number of hydrogen-bond donors (Lipinski definition) is 3. The molecule has 0 aromatic rings. The second kappa shape index (κ2) is 4.08. The molecule has 1 spiro atoms. The Kier molecular flexibility index (Phi) is 2.75. The minimum atomic E-state index is -0.946. The van der Waals surface area contributed by atoms with E-state index in [-0.39, 0.29) is 5.91 Å². The third kappa shape index (κ3) is 1.63. The van der Waals surface area contributed by atoms with Crippen LogP contribution in [0.4, 0.5) is 4.79 Å². The van der Waals surface area contributed by atoms with Crippen molar-refractivity contribution in [3.63, 3.8) is 0 Å². The van der Waals surface area contributed by atoms with Gasteiger partial charge in [0.2, 0.25) is 0 Å². The number of amides is 3. The summed E-state index contributed by atoms with van der Waals surface area (Å²) in [5, 5.41) is 8.18. The van der Waals surface area contributed by atoms with Gasteiger partial charge in [-0.05, 0) is 13.0 Å². The molecule has 5 heteroatoms. The molecule has 5 nitrogen and oxygen atoms in total. The first-order valence-electron chi connectivity index (χ1n) is 5.51. The molecule has 3 N–H and O–H groups in total. The molecule has 0 radical (unpaired) electrons. The Morgan fingerprint density at radius 1 is 1.41 bits per heavy atom. The van der Waals surface area contributed by atoms with Crippen LogP contribution in [0.5, 0.6) is 0 Å². The maximum Gasteiger partial charge on any atom is 0.322 e. The molecule has 2 aliphatic heterocycles. The van der Waals surface area contributed by atoms with Crippen molar-refractivity contribution in [2.45, 2.75) is 18.9 Å². The highest BCUT2D eigenvalue weighted by atomic mass is 16.2. The molecule has 0 saturated carbocycles. The molecule has 1 atom stereocenters. The summed E-state index contributed by atoms with van der Waals surface area (Å²) in [5.74, 6) is -0.295. The number of carbonyl (C=O) groups excluding carboxylic acids is 2. The molecule has 0 aliphatic carbocycles. The second-order valence-electron chi connectivity index (χ2n) is 4.02. The average molecular weight is 233 g/mol. The summed E-state index contributed by atoms with van der Waals surface area (Å²) in [6.45, 7) is 6.20. The van der Waals surface area contributed by atoms with Crippen LogP contribution in [-0.2, 0) is 4.79 Å². The summed E-state index contributed by atoms with van der Waals surface area (Å²) in [5.41, 5.74) is 0.592. The molecular weight excluding hydrogens is 218 g/mol. The van der Waals surface area contributed by atoms with Crippen LogP contribution >= 0.6 is 0 Å². The molecule has 0 bridgehead atoms. The van der Waals surface area contributed by atoms with E-state index in [2.05, 4.69) is 22.5 Å². The van der Waals surface area contributed by atoms with Gasteiger partial charge in [0.05, 0.1) is 0 Å². The van der Waals surface area contributed by atoms with Crippen LogP contribution in [0.3, 0.4) is 0 Å². The second-order valence-corrected chi connectivity index (χ2v) is 4.02. The number of hydrogen-bond acceptors (Lipinski definition) is 3. The zero-order chi connectivity index (χ0) is 12.5. The van der Waals surface area contributed by atoms with Gasteiger partial charge < -0.3 is 10.6 Å². The molecule has 2 aliphatic rings. The zero-order valence-corrected chi connectivity index (χ0v) is 9.67. The highest BCUT2D eigenvalue weighted by Crippen LogP contribution is 2.31. The minimum Gasteiger partial charge on any atom is -0.385 e. The Bertz CT molecular complexity index is 451. The molecule has 0 aromatic carbocycles. The van der Waals surface area contributed by atoms with Crippen LogP contribution in [0.2, 0.25) is 0 Å². The van der Waals surface area contributed by atoms with Crippen molar-refractivity contribution in [1.82, 2.24) is 16.0 Å². The Labute approximate surface area is 99.6 Å². The lowest BCUT2D eigenvalue weighted by Crippen LogP contribution is -2.53. The van der Waals surface area contributed by atoms with Gasteiger partial charge in [0.25, 0.3) is 5.91 Å². The molecule has 17 heavy (non-hydrogen) atoms. The minimum absolute atomic E-state index is 0.295. The fraction of sp³-hybridized carbons (Fsp3) is 0.333. The molecule has 3 amide bonds. The van der Waals surface area contributed by atoms with E-state index < -0.39 is 11.6 Å². The molecule has 1 unspecified atom stereocenters. The lowest BCUT2D eigenvalue weighted by molar-refractivity contribution is -0.123. The van der Waals surface area contributed by atoms with Gasteiger partial charge in [-0.1, -0.05) is 18.7 Å². The number of rotatable bonds is 2. The summed E-state index contributed by atoms with van der Waals surface area (Å²) in [6, 6.07) is -0.442. The van der Waals surface area contributed by atoms with Gasteiger partial charge in [-0.15, -0.1) is 0 Å². The van der Waals surface area contributed by atoms with E-state index in [1.807, 2.05) is 19.1 Å². The van der Waals surface area contributed by atoms with E-state index in [0.29, 0.717) is 13.0 Å². The smallest absolute Gasteiger partial charge is 0.322 e. The van der Waals surface area contributed by atoms with Crippen LogP contribution in [0.1, 0.15) is 13.3 Å². The van der Waals surface area contributed by atoms with Gasteiger partial charge in [0, 0.05) is 24.2 Å². The quantitative estimate of drug-likeness (QED) is 0.611. The number of nitrogens with one attached hydrogen (secondary N) is 3. The first-order valence-corrected chi connectivity index (χ1v) is 5.51. The first kappa shape index (κ1) is 11.4. The van der Waals surface area contributed by atoms with Crippen LogP contribution in [0.25, 0.3) is 0 Å². The number of imide groups is 1. The molecule has 2 rings (SSSR count). The molecule has 0 aromatic heterocycles. The number of urea groups is 1. The predicted octanol–water partition coefficient (Wildman–Crippen LogP) is 0.574. The Morgan fingerprint density at radius 3 is 2.71 bits per heavy atom. The molecule has 1 saturated heterocycles. The van der Waals surface area contributed by atoms with E-state index >= 15 is 0 Å². The van der Waals surface area contributed by atoms with Gasteiger partial charge in [0.1, 0.15) is 5.54 Å². The third-order valence-corrected chi connectivity index (χ3v) is 3.04. The van der Waals surface area contributed by atoms with Crippen molar-refractivity contribution in [2.24, 2.45) is 0 Å². The van der Waals surface area contributed by atoms with Crippen molar-refractivity contribution >= 4 is 11.9 Å². The van der Waals surface area contributed by atoms with Crippen LogP contribution in [0.15, 0.2) is 36.1 Å². The standard InChI is InChI=1S/C12H15N3O2/c1-3-5-8-9(4-2)13-7-6-12(8)10(16)14-11(17)15-12/h3-5,13H,2,6-7H2,1H3,(H2,14,15,16,17)/b5-3-. The maximum atomic E-state index is 12.0. The molecular formula is C12H15N3O2. The molecule has 1 fully saturated rings. The first-order chi connectivity index (χ1) is 8.14. The lowest BCUT2D eigenvalue weighted by Gasteiger charge is -2.33. The summed E-state index contributed by atoms with van der Waals surface area (Å²) < 4.78 is 0. The van der Waals surface area contributed by atoms with E-state index in [4.69, 9.17) is 0 Å². The van der Waals surface area contributed by atoms with Gasteiger partial charge in [0.15, 0.2) is 0 Å². The summed E-state index contributed by atoms with van der Waals surface area (Å²) in [6.07, 6.45) is 5.86. The number of allylic oxidation sites excluding steroid dienone is 2. The van der Waals surface area contributed by atoms with Crippen LogP contribution in [-0.4, -0.2) is 24.0 Å². The zero-order valence-electron chi connectivity index (χ0n) is 9.67. The van der Waals surface area contributed by atoms with Crippen molar-refractivity contribution < 1.29 is 9.59 Å².